The number of amides is 1. The highest BCUT2D eigenvalue weighted by Gasteiger charge is 2.31. The SMILES string of the molecule is COC(=O)CCCN1C(=O)/C(=C/c2cc(Br)c(OCc3ccccc3)c(OC)c2)SC1=S. The number of benzene rings is 2. The van der Waals surface area contributed by atoms with Crippen LogP contribution in [0, 0.1) is 0 Å². The number of carbonyl (C=O) groups excluding carboxylic acids is 2. The van der Waals surface area contributed by atoms with E-state index in [4.69, 9.17) is 21.7 Å². The molecular formula is C23H22BrNO5S2. The Morgan fingerprint density at radius 1 is 1.22 bits per heavy atom. The molecular weight excluding hydrogens is 514 g/mol. The Morgan fingerprint density at radius 2 is 1.97 bits per heavy atom. The number of esters is 1. The third-order valence-corrected chi connectivity index (χ3v) is 6.61. The third-order valence-electron chi connectivity index (χ3n) is 4.64. The molecule has 0 saturated carbocycles. The van der Waals surface area contributed by atoms with Gasteiger partial charge in [-0.25, -0.2) is 0 Å². The minimum Gasteiger partial charge on any atom is -0.493 e. The van der Waals surface area contributed by atoms with Crippen LogP contribution in [-0.2, 0) is 20.9 Å². The van der Waals surface area contributed by atoms with Crippen LogP contribution in [0.2, 0.25) is 0 Å². The predicted molar refractivity (Wildman–Crippen MR) is 133 cm³/mol. The van der Waals surface area contributed by atoms with Gasteiger partial charge in [0.25, 0.3) is 5.91 Å². The molecule has 1 saturated heterocycles. The average Bonchev–Trinajstić information content (AvgIpc) is 3.05. The summed E-state index contributed by atoms with van der Waals surface area (Å²) < 4.78 is 17.3. The van der Waals surface area contributed by atoms with Crippen LogP contribution >= 0.6 is 39.9 Å². The van der Waals surface area contributed by atoms with E-state index < -0.39 is 0 Å². The largest absolute Gasteiger partial charge is 0.493 e. The quantitative estimate of drug-likeness (QED) is 0.248. The Bertz CT molecular complexity index is 1040. The molecule has 1 fully saturated rings. The second-order valence-corrected chi connectivity index (χ2v) is 9.35. The summed E-state index contributed by atoms with van der Waals surface area (Å²) in [7, 11) is 2.91. The van der Waals surface area contributed by atoms with Crippen LogP contribution in [0.15, 0.2) is 51.8 Å². The highest BCUT2D eigenvalue weighted by molar-refractivity contribution is 9.10. The van der Waals surface area contributed by atoms with E-state index >= 15 is 0 Å². The maximum absolute atomic E-state index is 12.8. The van der Waals surface area contributed by atoms with Crippen molar-refractivity contribution in [3.05, 3.63) is 63.0 Å². The minimum atomic E-state index is -0.308. The third kappa shape index (κ3) is 6.11. The number of rotatable bonds is 9. The topological polar surface area (TPSA) is 65.1 Å². The van der Waals surface area contributed by atoms with Gasteiger partial charge in [-0.1, -0.05) is 54.3 Å². The van der Waals surface area contributed by atoms with E-state index in [1.807, 2.05) is 42.5 Å². The maximum atomic E-state index is 12.8. The van der Waals surface area contributed by atoms with Gasteiger partial charge in [-0.2, -0.15) is 0 Å². The van der Waals surface area contributed by atoms with Crippen molar-refractivity contribution < 1.29 is 23.8 Å². The molecule has 9 heteroatoms. The standard InChI is InChI=1S/C23H22BrNO5S2/c1-28-18-12-16(11-17(24)21(18)30-14-15-7-4-3-5-8-15)13-19-22(27)25(23(31)32-19)10-6-9-20(26)29-2/h3-5,7-8,11-13H,6,9-10,14H2,1-2H3/b19-13-. The summed E-state index contributed by atoms with van der Waals surface area (Å²) in [4.78, 5) is 26.1. The van der Waals surface area contributed by atoms with Crippen LogP contribution in [0.4, 0.5) is 0 Å². The van der Waals surface area contributed by atoms with Crippen LogP contribution in [0.1, 0.15) is 24.0 Å². The smallest absolute Gasteiger partial charge is 0.305 e. The molecule has 1 aliphatic rings. The van der Waals surface area contributed by atoms with E-state index in [0.717, 1.165) is 11.1 Å². The number of halogens is 1. The number of thiocarbonyl (C=S) groups is 1. The van der Waals surface area contributed by atoms with Crippen molar-refractivity contribution in [2.45, 2.75) is 19.4 Å². The molecule has 32 heavy (non-hydrogen) atoms. The first-order valence-electron chi connectivity index (χ1n) is 9.79. The molecule has 168 valence electrons. The molecule has 0 N–H and O–H groups in total. The first-order valence-corrected chi connectivity index (χ1v) is 11.8. The van der Waals surface area contributed by atoms with Crippen molar-refractivity contribution >= 4 is 62.2 Å². The summed E-state index contributed by atoms with van der Waals surface area (Å²) >= 11 is 10.1. The number of hydrogen-bond donors (Lipinski definition) is 0. The summed E-state index contributed by atoms with van der Waals surface area (Å²) in [5.41, 5.74) is 1.82. The highest BCUT2D eigenvalue weighted by atomic mass is 79.9. The first kappa shape index (κ1) is 24.3. The van der Waals surface area contributed by atoms with Crippen molar-refractivity contribution in [3.8, 4) is 11.5 Å². The van der Waals surface area contributed by atoms with E-state index in [1.165, 1.54) is 23.8 Å². The van der Waals surface area contributed by atoms with Crippen LogP contribution in [0.5, 0.6) is 11.5 Å². The summed E-state index contributed by atoms with van der Waals surface area (Å²) in [5.74, 6) is 0.654. The zero-order valence-corrected chi connectivity index (χ0v) is 20.8. The van der Waals surface area contributed by atoms with E-state index in [-0.39, 0.29) is 18.3 Å². The normalized spacial score (nSPS) is 14.7. The summed E-state index contributed by atoms with van der Waals surface area (Å²) in [6.07, 6.45) is 2.49. The molecule has 1 amide bonds. The Labute approximate surface area is 205 Å². The van der Waals surface area contributed by atoms with Crippen molar-refractivity contribution in [2.75, 3.05) is 20.8 Å². The van der Waals surface area contributed by atoms with Gasteiger partial charge in [-0.3, -0.25) is 14.5 Å². The van der Waals surface area contributed by atoms with E-state index in [2.05, 4.69) is 20.7 Å². The summed E-state index contributed by atoms with van der Waals surface area (Å²) in [5, 5.41) is 0. The van der Waals surface area contributed by atoms with E-state index in [1.54, 1.807) is 13.2 Å². The first-order chi connectivity index (χ1) is 15.4. The van der Waals surface area contributed by atoms with Gasteiger partial charge in [0.05, 0.1) is 23.6 Å². The fourth-order valence-corrected chi connectivity index (χ4v) is 4.90. The van der Waals surface area contributed by atoms with Gasteiger partial charge < -0.3 is 14.2 Å². The zero-order chi connectivity index (χ0) is 23.1. The second-order valence-electron chi connectivity index (χ2n) is 6.82. The van der Waals surface area contributed by atoms with Crippen LogP contribution in [0.3, 0.4) is 0 Å². The number of carbonyl (C=O) groups is 2. The number of hydrogen-bond acceptors (Lipinski definition) is 7. The predicted octanol–water partition coefficient (Wildman–Crippen LogP) is 5.19. The Kier molecular flexibility index (Phi) is 8.72. The lowest BCUT2D eigenvalue weighted by Gasteiger charge is -2.14. The summed E-state index contributed by atoms with van der Waals surface area (Å²) in [6.45, 7) is 0.774. The molecule has 1 aliphatic heterocycles. The number of thioether (sulfide) groups is 1. The summed E-state index contributed by atoms with van der Waals surface area (Å²) in [6, 6.07) is 13.5. The molecule has 0 spiro atoms. The lowest BCUT2D eigenvalue weighted by atomic mass is 10.1. The average molecular weight is 536 g/mol. The Hall–Kier alpha value is -2.36. The van der Waals surface area contributed by atoms with Crippen molar-refractivity contribution in [2.24, 2.45) is 0 Å². The molecule has 0 bridgehead atoms. The fraction of sp³-hybridized carbons (Fsp3) is 0.261. The number of ether oxygens (including phenoxy) is 3. The van der Waals surface area contributed by atoms with Crippen molar-refractivity contribution in [3.63, 3.8) is 0 Å². The Morgan fingerprint density at radius 3 is 2.66 bits per heavy atom. The molecule has 2 aromatic carbocycles. The van der Waals surface area contributed by atoms with Gasteiger partial charge in [0.15, 0.2) is 11.5 Å². The van der Waals surface area contributed by atoms with Gasteiger partial charge in [-0.05, 0) is 51.7 Å². The molecule has 0 aromatic heterocycles. The van der Waals surface area contributed by atoms with E-state index in [0.29, 0.717) is 44.8 Å². The van der Waals surface area contributed by atoms with Crippen LogP contribution < -0.4 is 9.47 Å². The van der Waals surface area contributed by atoms with Gasteiger partial charge in [0.2, 0.25) is 0 Å². The molecule has 0 radical (unpaired) electrons. The second kappa shape index (κ2) is 11.5. The minimum absolute atomic E-state index is 0.177. The van der Waals surface area contributed by atoms with Crippen LogP contribution in [0.25, 0.3) is 6.08 Å². The van der Waals surface area contributed by atoms with Crippen molar-refractivity contribution in [1.29, 1.82) is 0 Å². The lowest BCUT2D eigenvalue weighted by molar-refractivity contribution is -0.141. The molecule has 2 aromatic rings. The zero-order valence-electron chi connectivity index (χ0n) is 17.6. The van der Waals surface area contributed by atoms with Gasteiger partial charge in [0.1, 0.15) is 10.9 Å². The van der Waals surface area contributed by atoms with Gasteiger partial charge in [-0.15, -0.1) is 0 Å². The Balaban J connectivity index is 1.73. The van der Waals surface area contributed by atoms with Gasteiger partial charge in [0, 0.05) is 13.0 Å². The molecule has 0 unspecified atom stereocenters. The maximum Gasteiger partial charge on any atom is 0.305 e. The van der Waals surface area contributed by atoms with Crippen LogP contribution in [-0.4, -0.2) is 41.9 Å². The lowest BCUT2D eigenvalue weighted by Crippen LogP contribution is -2.29. The molecule has 6 nitrogen and oxygen atoms in total. The fourth-order valence-electron chi connectivity index (χ4n) is 3.02. The van der Waals surface area contributed by atoms with Gasteiger partial charge >= 0.3 is 5.97 Å². The molecule has 0 aliphatic carbocycles. The van der Waals surface area contributed by atoms with Crippen molar-refractivity contribution in [1.82, 2.24) is 4.90 Å². The monoisotopic (exact) mass is 535 g/mol. The van der Waals surface area contributed by atoms with E-state index in [9.17, 15) is 9.59 Å². The highest BCUT2D eigenvalue weighted by Crippen LogP contribution is 2.39. The molecule has 1 heterocycles. The number of nitrogens with zero attached hydrogens (tertiary/aromatic N) is 1. The number of methoxy groups -OCH3 is 2. The molecule has 3 rings (SSSR count). The molecule has 0 atom stereocenters.